The Balaban J connectivity index is 2.83. The lowest BCUT2D eigenvalue weighted by molar-refractivity contribution is -0.140. The molecule has 0 radical (unpaired) electrons. The van der Waals surface area contributed by atoms with Crippen LogP contribution in [-0.4, -0.2) is 39.4 Å². The molecule has 1 rings (SSSR count). The van der Waals surface area contributed by atoms with E-state index in [-0.39, 0.29) is 33.9 Å². The number of methoxy groups -OCH3 is 1. The fourth-order valence-electron chi connectivity index (χ4n) is 1.52. The summed E-state index contributed by atoms with van der Waals surface area (Å²) in [6.45, 7) is 0.181. The van der Waals surface area contributed by atoms with E-state index in [1.807, 2.05) is 0 Å². The molecular formula is C12H15Cl2NO4S. The zero-order valence-electron chi connectivity index (χ0n) is 11.1. The minimum atomic E-state index is -3.73. The molecule has 0 amide bonds. The molecule has 0 unspecified atom stereocenters. The van der Waals surface area contributed by atoms with E-state index in [1.165, 1.54) is 32.4 Å². The lowest BCUT2D eigenvalue weighted by atomic mass is 10.3. The van der Waals surface area contributed by atoms with Crippen molar-refractivity contribution in [2.24, 2.45) is 0 Å². The highest BCUT2D eigenvalue weighted by molar-refractivity contribution is 7.89. The second-order valence-corrected chi connectivity index (χ2v) is 6.86. The first-order valence-corrected chi connectivity index (χ1v) is 7.97. The maximum absolute atomic E-state index is 12.3. The van der Waals surface area contributed by atoms with Gasteiger partial charge >= 0.3 is 5.97 Å². The van der Waals surface area contributed by atoms with Crippen LogP contribution in [0, 0.1) is 0 Å². The third-order valence-electron chi connectivity index (χ3n) is 2.69. The van der Waals surface area contributed by atoms with Crippen LogP contribution in [0.25, 0.3) is 0 Å². The molecule has 0 heterocycles. The number of benzene rings is 1. The van der Waals surface area contributed by atoms with E-state index in [1.54, 1.807) is 0 Å². The van der Waals surface area contributed by atoms with Gasteiger partial charge in [-0.05, 0) is 18.6 Å². The number of hydrogen-bond donors (Lipinski definition) is 0. The van der Waals surface area contributed by atoms with E-state index in [0.29, 0.717) is 6.42 Å². The molecule has 0 spiro atoms. The lowest BCUT2D eigenvalue weighted by Gasteiger charge is -2.18. The molecule has 8 heteroatoms. The van der Waals surface area contributed by atoms with Gasteiger partial charge in [0.05, 0.1) is 17.2 Å². The Hall–Kier alpha value is -0.820. The maximum atomic E-state index is 12.3. The van der Waals surface area contributed by atoms with Crippen LogP contribution < -0.4 is 0 Å². The summed E-state index contributed by atoms with van der Waals surface area (Å²) in [5.41, 5.74) is 0. The number of esters is 1. The molecule has 0 aliphatic heterocycles. The molecule has 0 atom stereocenters. The van der Waals surface area contributed by atoms with E-state index in [9.17, 15) is 13.2 Å². The van der Waals surface area contributed by atoms with Gasteiger partial charge in [-0.1, -0.05) is 29.3 Å². The number of rotatable bonds is 6. The molecule has 0 aliphatic carbocycles. The monoisotopic (exact) mass is 339 g/mol. The Morgan fingerprint density at radius 2 is 2.00 bits per heavy atom. The molecule has 1 aromatic rings. The summed E-state index contributed by atoms with van der Waals surface area (Å²) in [4.78, 5) is 10.9. The Morgan fingerprint density at radius 1 is 1.35 bits per heavy atom. The van der Waals surface area contributed by atoms with Gasteiger partial charge in [0, 0.05) is 20.0 Å². The van der Waals surface area contributed by atoms with Crippen molar-refractivity contribution in [3.63, 3.8) is 0 Å². The standard InChI is InChI=1S/C12H15Cl2NO4S/c1-15(8-4-7-11(16)19-2)20(17,18)10-6-3-5-9(13)12(10)14/h3,5-6H,4,7-8H2,1-2H3. The molecule has 0 N–H and O–H groups in total. The van der Waals surface area contributed by atoms with Crippen molar-refractivity contribution < 1.29 is 17.9 Å². The minimum Gasteiger partial charge on any atom is -0.469 e. The van der Waals surface area contributed by atoms with Gasteiger partial charge in [0.25, 0.3) is 0 Å². The summed E-state index contributed by atoms with van der Waals surface area (Å²) >= 11 is 11.7. The van der Waals surface area contributed by atoms with E-state index < -0.39 is 10.0 Å². The zero-order valence-corrected chi connectivity index (χ0v) is 13.4. The average Bonchev–Trinajstić information content (AvgIpc) is 2.41. The maximum Gasteiger partial charge on any atom is 0.305 e. The third kappa shape index (κ3) is 4.09. The van der Waals surface area contributed by atoms with Crippen LogP contribution >= 0.6 is 23.2 Å². The van der Waals surface area contributed by atoms with Crippen LogP contribution in [0.3, 0.4) is 0 Å². The first-order chi connectivity index (χ1) is 9.30. The summed E-state index contributed by atoms with van der Waals surface area (Å²) in [6.07, 6.45) is 0.514. The predicted molar refractivity (Wildman–Crippen MR) is 77.5 cm³/mol. The number of sulfonamides is 1. The number of nitrogens with zero attached hydrogens (tertiary/aromatic N) is 1. The van der Waals surface area contributed by atoms with Gasteiger partial charge in [0.1, 0.15) is 4.90 Å². The molecule has 112 valence electrons. The number of halogens is 2. The largest absolute Gasteiger partial charge is 0.469 e. The number of ether oxygens (including phenoxy) is 1. The Labute approximate surface area is 128 Å². The fourth-order valence-corrected chi connectivity index (χ4v) is 3.46. The Bertz CT molecular complexity index is 589. The highest BCUT2D eigenvalue weighted by Crippen LogP contribution is 2.30. The smallest absolute Gasteiger partial charge is 0.305 e. The van der Waals surface area contributed by atoms with Crippen molar-refractivity contribution >= 4 is 39.2 Å². The molecule has 0 aromatic heterocycles. The Morgan fingerprint density at radius 3 is 2.60 bits per heavy atom. The van der Waals surface area contributed by atoms with Crippen LogP contribution in [-0.2, 0) is 19.6 Å². The van der Waals surface area contributed by atoms with Gasteiger partial charge in [0.2, 0.25) is 10.0 Å². The normalized spacial score (nSPS) is 11.7. The second-order valence-electron chi connectivity index (χ2n) is 4.06. The molecule has 0 saturated heterocycles. The molecule has 0 bridgehead atoms. The van der Waals surface area contributed by atoms with Gasteiger partial charge in [-0.25, -0.2) is 12.7 Å². The molecule has 1 aromatic carbocycles. The minimum absolute atomic E-state index is 0.00557. The topological polar surface area (TPSA) is 63.7 Å². The zero-order chi connectivity index (χ0) is 15.3. The molecule has 0 aliphatic rings. The van der Waals surface area contributed by atoms with E-state index >= 15 is 0 Å². The SMILES string of the molecule is COC(=O)CCCN(C)S(=O)(=O)c1cccc(Cl)c1Cl. The predicted octanol–water partition coefficient (Wildman–Crippen LogP) is 2.57. The summed E-state index contributed by atoms with van der Waals surface area (Å²) in [7, 11) is -1.03. The summed E-state index contributed by atoms with van der Waals surface area (Å²) < 4.78 is 30.3. The van der Waals surface area contributed by atoms with Crippen molar-refractivity contribution in [3.8, 4) is 0 Å². The van der Waals surface area contributed by atoms with Gasteiger partial charge in [0.15, 0.2) is 0 Å². The van der Waals surface area contributed by atoms with Crippen LogP contribution in [0.5, 0.6) is 0 Å². The van der Waals surface area contributed by atoms with Crippen molar-refractivity contribution in [1.82, 2.24) is 4.31 Å². The fraction of sp³-hybridized carbons (Fsp3) is 0.417. The summed E-state index contributed by atoms with van der Waals surface area (Å²) in [5.74, 6) is -0.378. The second kappa shape index (κ2) is 7.26. The van der Waals surface area contributed by atoms with Gasteiger partial charge < -0.3 is 4.74 Å². The van der Waals surface area contributed by atoms with Crippen molar-refractivity contribution in [1.29, 1.82) is 0 Å². The number of carbonyl (C=O) groups excluding carboxylic acids is 1. The molecular weight excluding hydrogens is 325 g/mol. The molecule has 0 saturated carbocycles. The van der Waals surface area contributed by atoms with Crippen molar-refractivity contribution in [2.45, 2.75) is 17.7 Å². The van der Waals surface area contributed by atoms with Crippen LogP contribution in [0.1, 0.15) is 12.8 Å². The number of hydrogen-bond acceptors (Lipinski definition) is 4. The van der Waals surface area contributed by atoms with E-state index in [2.05, 4.69) is 4.74 Å². The average molecular weight is 340 g/mol. The van der Waals surface area contributed by atoms with E-state index in [0.717, 1.165) is 4.31 Å². The first kappa shape index (κ1) is 17.2. The van der Waals surface area contributed by atoms with Gasteiger partial charge in [-0.3, -0.25) is 4.79 Å². The Kier molecular flexibility index (Phi) is 6.26. The third-order valence-corrected chi connectivity index (χ3v) is 5.52. The first-order valence-electron chi connectivity index (χ1n) is 5.78. The van der Waals surface area contributed by atoms with Crippen LogP contribution in [0.15, 0.2) is 23.1 Å². The van der Waals surface area contributed by atoms with Crippen molar-refractivity contribution in [2.75, 3.05) is 20.7 Å². The van der Waals surface area contributed by atoms with E-state index in [4.69, 9.17) is 23.2 Å². The summed E-state index contributed by atoms with van der Waals surface area (Å²) in [6, 6.07) is 4.42. The summed E-state index contributed by atoms with van der Waals surface area (Å²) in [5, 5.41) is 0.171. The highest BCUT2D eigenvalue weighted by atomic mass is 35.5. The van der Waals surface area contributed by atoms with Crippen LogP contribution in [0.2, 0.25) is 10.0 Å². The van der Waals surface area contributed by atoms with Gasteiger partial charge in [-0.15, -0.1) is 0 Å². The lowest BCUT2D eigenvalue weighted by Crippen LogP contribution is -2.28. The van der Waals surface area contributed by atoms with Crippen molar-refractivity contribution in [3.05, 3.63) is 28.2 Å². The van der Waals surface area contributed by atoms with Gasteiger partial charge in [-0.2, -0.15) is 0 Å². The van der Waals surface area contributed by atoms with Crippen LogP contribution in [0.4, 0.5) is 0 Å². The number of carbonyl (C=O) groups is 1. The molecule has 20 heavy (non-hydrogen) atoms. The highest BCUT2D eigenvalue weighted by Gasteiger charge is 2.24. The molecule has 0 fully saturated rings. The quantitative estimate of drug-likeness (QED) is 0.747. The molecule has 5 nitrogen and oxygen atoms in total.